The Kier molecular flexibility index (Phi) is 4.06. The zero-order chi connectivity index (χ0) is 19.4. The number of anilines is 1. The summed E-state index contributed by atoms with van der Waals surface area (Å²) in [6, 6.07) is 20.3. The van der Waals surface area contributed by atoms with Crippen LogP contribution in [0.3, 0.4) is 0 Å². The highest BCUT2D eigenvalue weighted by Crippen LogP contribution is 2.39. The second-order valence-electron chi connectivity index (χ2n) is 8.37. The van der Waals surface area contributed by atoms with E-state index >= 15 is 0 Å². The van der Waals surface area contributed by atoms with Crippen molar-refractivity contribution in [2.24, 2.45) is 5.92 Å². The van der Waals surface area contributed by atoms with Gasteiger partial charge in [-0.15, -0.1) is 21.5 Å². The topological polar surface area (TPSA) is 41.1 Å². The molecule has 3 fully saturated rings. The highest BCUT2D eigenvalue weighted by atomic mass is 32.1. The third kappa shape index (κ3) is 2.83. The summed E-state index contributed by atoms with van der Waals surface area (Å²) in [6.07, 6.45) is 2.59. The minimum absolute atomic E-state index is 0.476. The zero-order valence-electron chi connectivity index (χ0n) is 16.5. The number of fused-ring (bicyclic) bond motifs is 6. The first kappa shape index (κ1) is 17.4. The van der Waals surface area contributed by atoms with Crippen LogP contribution in [0.2, 0.25) is 0 Å². The predicted octanol–water partition coefficient (Wildman–Crippen LogP) is 5.41. The fraction of sp³-hybridized carbons (Fsp3) is 0.333. The average molecular weight is 401 g/mol. The zero-order valence-corrected chi connectivity index (χ0v) is 17.3. The van der Waals surface area contributed by atoms with Crippen LogP contribution in [-0.4, -0.2) is 40.3 Å². The SMILES string of the molecule is C[C@@H]1[C@H](Nc2ccc(-c3cccc4c3sc3ccccc34)nn2)C2CCN1CC2. The molecular weight excluding hydrogens is 376 g/mol. The molecule has 3 saturated heterocycles. The van der Waals surface area contributed by atoms with E-state index in [0.717, 1.165) is 17.4 Å². The van der Waals surface area contributed by atoms with Gasteiger partial charge in [-0.2, -0.15) is 0 Å². The van der Waals surface area contributed by atoms with Crippen LogP contribution >= 0.6 is 11.3 Å². The molecule has 0 amide bonds. The highest BCUT2D eigenvalue weighted by molar-refractivity contribution is 7.26. The van der Waals surface area contributed by atoms with Gasteiger partial charge in [0.15, 0.2) is 0 Å². The number of nitrogens with one attached hydrogen (secondary N) is 1. The number of aromatic nitrogens is 2. The van der Waals surface area contributed by atoms with Crippen LogP contribution in [0.1, 0.15) is 19.8 Å². The van der Waals surface area contributed by atoms with Gasteiger partial charge in [0.2, 0.25) is 0 Å². The number of hydrogen-bond acceptors (Lipinski definition) is 5. The largest absolute Gasteiger partial charge is 0.364 e. The van der Waals surface area contributed by atoms with Crippen LogP contribution < -0.4 is 5.32 Å². The van der Waals surface area contributed by atoms with E-state index in [0.29, 0.717) is 12.1 Å². The van der Waals surface area contributed by atoms with Crippen LogP contribution in [0.5, 0.6) is 0 Å². The van der Waals surface area contributed by atoms with Gasteiger partial charge in [-0.3, -0.25) is 4.90 Å². The lowest BCUT2D eigenvalue weighted by Gasteiger charge is -2.50. The molecular formula is C24H24N4S. The summed E-state index contributed by atoms with van der Waals surface area (Å²) < 4.78 is 2.60. The third-order valence-electron chi connectivity index (χ3n) is 6.84. The lowest BCUT2D eigenvalue weighted by Crippen LogP contribution is -2.59. The van der Waals surface area contributed by atoms with Crippen molar-refractivity contribution in [1.82, 2.24) is 15.1 Å². The first-order valence-corrected chi connectivity index (χ1v) is 11.3. The first-order chi connectivity index (χ1) is 14.3. The maximum Gasteiger partial charge on any atom is 0.148 e. The van der Waals surface area contributed by atoms with Gasteiger partial charge in [0, 0.05) is 37.8 Å². The van der Waals surface area contributed by atoms with E-state index < -0.39 is 0 Å². The van der Waals surface area contributed by atoms with Gasteiger partial charge in [-0.25, -0.2) is 0 Å². The molecule has 0 aliphatic carbocycles. The molecule has 4 aromatic rings. The van der Waals surface area contributed by atoms with E-state index in [1.165, 1.54) is 51.7 Å². The van der Waals surface area contributed by atoms with E-state index in [-0.39, 0.29) is 0 Å². The van der Waals surface area contributed by atoms with Crippen molar-refractivity contribution in [3.05, 3.63) is 54.6 Å². The molecule has 2 aromatic carbocycles. The molecule has 0 unspecified atom stereocenters. The fourth-order valence-electron chi connectivity index (χ4n) is 5.22. The Bertz CT molecular complexity index is 1170. The number of piperidine rings is 3. The first-order valence-electron chi connectivity index (χ1n) is 10.5. The number of nitrogens with zero attached hydrogens (tertiary/aromatic N) is 3. The van der Waals surface area contributed by atoms with Crippen molar-refractivity contribution >= 4 is 37.3 Å². The van der Waals surface area contributed by atoms with Crippen molar-refractivity contribution < 1.29 is 0 Å². The number of rotatable bonds is 3. The maximum absolute atomic E-state index is 4.60. The number of hydrogen-bond donors (Lipinski definition) is 1. The van der Waals surface area contributed by atoms with Crippen molar-refractivity contribution in [2.75, 3.05) is 18.4 Å². The summed E-state index contributed by atoms with van der Waals surface area (Å²) in [6.45, 7) is 4.83. The van der Waals surface area contributed by atoms with Gasteiger partial charge in [-0.1, -0.05) is 36.4 Å². The van der Waals surface area contributed by atoms with Gasteiger partial charge < -0.3 is 5.32 Å². The molecule has 0 spiro atoms. The van der Waals surface area contributed by atoms with Crippen molar-refractivity contribution in [3.63, 3.8) is 0 Å². The fourth-order valence-corrected chi connectivity index (χ4v) is 6.44. The summed E-state index contributed by atoms with van der Waals surface area (Å²) in [7, 11) is 0. The lowest BCUT2D eigenvalue weighted by molar-refractivity contribution is 0.0457. The molecule has 7 rings (SSSR count). The molecule has 0 saturated carbocycles. The molecule has 3 aliphatic rings. The Labute approximate surface area is 174 Å². The van der Waals surface area contributed by atoms with Crippen LogP contribution in [-0.2, 0) is 0 Å². The Morgan fingerprint density at radius 1 is 0.931 bits per heavy atom. The Morgan fingerprint density at radius 3 is 2.55 bits per heavy atom. The van der Waals surface area contributed by atoms with Gasteiger partial charge >= 0.3 is 0 Å². The molecule has 146 valence electrons. The molecule has 2 atom stereocenters. The molecule has 4 nitrogen and oxygen atoms in total. The van der Waals surface area contributed by atoms with Gasteiger partial charge in [-0.05, 0) is 57.0 Å². The average Bonchev–Trinajstić information content (AvgIpc) is 3.16. The minimum Gasteiger partial charge on any atom is -0.364 e. The summed E-state index contributed by atoms with van der Waals surface area (Å²) in [4.78, 5) is 2.60. The number of benzene rings is 2. The van der Waals surface area contributed by atoms with E-state index in [4.69, 9.17) is 0 Å². The molecule has 5 heterocycles. The van der Waals surface area contributed by atoms with Gasteiger partial charge in [0.1, 0.15) is 5.82 Å². The van der Waals surface area contributed by atoms with Crippen LogP contribution in [0.4, 0.5) is 5.82 Å². The Hall–Kier alpha value is -2.50. The van der Waals surface area contributed by atoms with Crippen LogP contribution in [0.25, 0.3) is 31.4 Å². The highest BCUT2D eigenvalue weighted by Gasteiger charge is 2.39. The van der Waals surface area contributed by atoms with E-state index in [1.54, 1.807) is 0 Å². The summed E-state index contributed by atoms with van der Waals surface area (Å²) >= 11 is 1.84. The predicted molar refractivity (Wildman–Crippen MR) is 122 cm³/mol. The molecule has 29 heavy (non-hydrogen) atoms. The molecule has 2 aromatic heterocycles. The smallest absolute Gasteiger partial charge is 0.148 e. The standard InChI is InChI=1S/C24H24N4S/c1-15-23(16-11-13-28(15)14-12-16)25-22-10-9-20(26-27-22)19-7-4-6-18-17-5-2-3-8-21(17)29-24(18)19/h2-10,15-16,23H,11-14H2,1H3,(H,25,27)/t15-,23+/m1/s1. The van der Waals surface area contributed by atoms with Gasteiger partial charge in [0.25, 0.3) is 0 Å². The van der Waals surface area contributed by atoms with Crippen molar-refractivity contribution in [1.29, 1.82) is 0 Å². The summed E-state index contributed by atoms with van der Waals surface area (Å²) in [5.41, 5.74) is 2.11. The second kappa shape index (κ2) is 6.78. The van der Waals surface area contributed by atoms with Crippen molar-refractivity contribution in [3.8, 4) is 11.3 Å². The third-order valence-corrected chi connectivity index (χ3v) is 8.06. The molecule has 3 aliphatic heterocycles. The second-order valence-corrected chi connectivity index (χ2v) is 9.42. The Balaban J connectivity index is 1.32. The molecule has 2 bridgehead atoms. The van der Waals surface area contributed by atoms with Gasteiger partial charge in [0.05, 0.1) is 5.69 Å². The minimum atomic E-state index is 0.476. The van der Waals surface area contributed by atoms with E-state index in [2.05, 4.69) is 81.9 Å². The normalized spacial score (nSPS) is 26.2. The molecule has 1 N–H and O–H groups in total. The van der Waals surface area contributed by atoms with Crippen molar-refractivity contribution in [2.45, 2.75) is 31.8 Å². The summed E-state index contributed by atoms with van der Waals surface area (Å²) in [5.74, 6) is 1.65. The van der Waals surface area contributed by atoms with Crippen LogP contribution in [0.15, 0.2) is 54.6 Å². The van der Waals surface area contributed by atoms with E-state index in [1.807, 2.05) is 11.3 Å². The quantitative estimate of drug-likeness (QED) is 0.499. The number of thiophene rings is 1. The molecule has 0 radical (unpaired) electrons. The Morgan fingerprint density at radius 2 is 1.76 bits per heavy atom. The lowest BCUT2D eigenvalue weighted by atomic mass is 9.79. The van der Waals surface area contributed by atoms with E-state index in [9.17, 15) is 0 Å². The molecule has 5 heteroatoms. The monoisotopic (exact) mass is 400 g/mol. The summed E-state index contributed by atoms with van der Waals surface area (Å²) in [5, 5.41) is 15.5. The maximum atomic E-state index is 4.60. The van der Waals surface area contributed by atoms with Crippen LogP contribution in [0, 0.1) is 5.92 Å².